The van der Waals surface area contributed by atoms with Gasteiger partial charge in [0.1, 0.15) is 0 Å². The molecule has 0 rings (SSSR count). The zero-order valence-electron chi connectivity index (χ0n) is 9.65. The molecule has 16 heavy (non-hydrogen) atoms. The van der Waals surface area contributed by atoms with Crippen LogP contribution in [0.25, 0.3) is 0 Å². The lowest BCUT2D eigenvalue weighted by Crippen LogP contribution is -2.36. The number of methoxy groups -OCH3 is 1. The molecule has 0 atom stereocenters. The fraction of sp³-hybridized carbons (Fsp3) is 0.700. The van der Waals surface area contributed by atoms with Crippen LogP contribution in [0.15, 0.2) is 0 Å². The summed E-state index contributed by atoms with van der Waals surface area (Å²) in [5.41, 5.74) is 0. The first-order valence-electron chi connectivity index (χ1n) is 4.99. The molecule has 0 aromatic heterocycles. The van der Waals surface area contributed by atoms with Crippen LogP contribution >= 0.6 is 0 Å². The highest BCUT2D eigenvalue weighted by molar-refractivity contribution is 5.78. The van der Waals surface area contributed by atoms with E-state index in [1.165, 1.54) is 7.11 Å². The van der Waals surface area contributed by atoms with Crippen molar-refractivity contribution in [3.8, 4) is 6.07 Å². The lowest BCUT2D eigenvalue weighted by molar-refractivity contribution is -0.141. The second-order valence-corrected chi connectivity index (χ2v) is 3.32. The van der Waals surface area contributed by atoms with E-state index in [0.29, 0.717) is 19.5 Å². The maximum absolute atomic E-state index is 11.3. The van der Waals surface area contributed by atoms with E-state index < -0.39 is 0 Å². The van der Waals surface area contributed by atoms with Crippen LogP contribution in [-0.2, 0) is 14.3 Å². The van der Waals surface area contributed by atoms with E-state index in [1.54, 1.807) is 11.9 Å². The molecule has 0 aliphatic carbocycles. The summed E-state index contributed by atoms with van der Waals surface area (Å²) in [6, 6.07) is 1.93. The molecule has 90 valence electrons. The van der Waals surface area contributed by atoms with Crippen molar-refractivity contribution in [2.24, 2.45) is 0 Å². The molecule has 0 bridgehead atoms. The molecule has 0 aromatic carbocycles. The molecule has 6 heteroatoms. The summed E-state index contributed by atoms with van der Waals surface area (Å²) in [6.07, 6.45) is 0.566. The summed E-state index contributed by atoms with van der Waals surface area (Å²) in [6.45, 7) is 1.04. The minimum absolute atomic E-state index is 0.150. The Labute approximate surface area is 95.2 Å². The molecule has 0 saturated heterocycles. The van der Waals surface area contributed by atoms with Crippen LogP contribution in [0.1, 0.15) is 12.8 Å². The molecular formula is C10H17N3O3. The SMILES string of the molecule is COC(=O)CCN(C)CC(=O)NCCC#N. The van der Waals surface area contributed by atoms with Gasteiger partial charge in [-0.2, -0.15) is 5.26 Å². The Kier molecular flexibility index (Phi) is 7.81. The van der Waals surface area contributed by atoms with Crippen LogP contribution in [0.2, 0.25) is 0 Å². The quantitative estimate of drug-likeness (QED) is 0.469. The zero-order valence-corrected chi connectivity index (χ0v) is 9.65. The highest BCUT2D eigenvalue weighted by atomic mass is 16.5. The van der Waals surface area contributed by atoms with E-state index in [-0.39, 0.29) is 24.8 Å². The molecule has 0 fully saturated rings. The number of carbonyl (C=O) groups excluding carboxylic acids is 2. The average Bonchev–Trinajstić information content (AvgIpc) is 2.26. The molecule has 1 amide bonds. The van der Waals surface area contributed by atoms with Crippen LogP contribution in [0.4, 0.5) is 0 Å². The second-order valence-electron chi connectivity index (χ2n) is 3.32. The van der Waals surface area contributed by atoms with E-state index >= 15 is 0 Å². The Morgan fingerprint density at radius 1 is 1.50 bits per heavy atom. The molecule has 0 heterocycles. The lowest BCUT2D eigenvalue weighted by atomic mass is 10.4. The predicted molar refractivity (Wildman–Crippen MR) is 57.4 cm³/mol. The standard InChI is InChI=1S/C10H17N3O3/c1-13(7-4-10(15)16-2)8-9(14)12-6-3-5-11/h3-4,6-8H2,1-2H3,(H,12,14). The van der Waals surface area contributed by atoms with Gasteiger partial charge in [-0.05, 0) is 7.05 Å². The molecule has 0 saturated carbocycles. The zero-order chi connectivity index (χ0) is 12.4. The number of amides is 1. The molecule has 0 aromatic rings. The molecule has 0 unspecified atom stereocenters. The number of hydrogen-bond acceptors (Lipinski definition) is 5. The summed E-state index contributed by atoms with van der Waals surface area (Å²) < 4.78 is 4.48. The smallest absolute Gasteiger partial charge is 0.306 e. The number of ether oxygens (including phenoxy) is 1. The maximum Gasteiger partial charge on any atom is 0.306 e. The van der Waals surface area contributed by atoms with Crippen molar-refractivity contribution in [2.45, 2.75) is 12.8 Å². The van der Waals surface area contributed by atoms with Crippen LogP contribution < -0.4 is 5.32 Å². The third-order valence-corrected chi connectivity index (χ3v) is 1.90. The summed E-state index contributed by atoms with van der Waals surface area (Å²) in [5.74, 6) is -0.445. The van der Waals surface area contributed by atoms with Gasteiger partial charge in [0.15, 0.2) is 0 Å². The minimum Gasteiger partial charge on any atom is -0.469 e. The maximum atomic E-state index is 11.3. The molecule has 1 N–H and O–H groups in total. The topological polar surface area (TPSA) is 82.4 Å². The number of hydrogen-bond donors (Lipinski definition) is 1. The second kappa shape index (κ2) is 8.68. The van der Waals surface area contributed by atoms with E-state index in [0.717, 1.165) is 0 Å². The highest BCUT2D eigenvalue weighted by Gasteiger charge is 2.08. The van der Waals surface area contributed by atoms with Crippen molar-refractivity contribution >= 4 is 11.9 Å². The summed E-state index contributed by atoms with van der Waals surface area (Å²) in [5, 5.41) is 10.9. The van der Waals surface area contributed by atoms with Gasteiger partial charge in [0.2, 0.25) is 5.91 Å². The van der Waals surface area contributed by atoms with E-state index in [1.807, 2.05) is 6.07 Å². The molecule has 0 aliphatic heterocycles. The summed E-state index contributed by atoms with van der Waals surface area (Å²) in [7, 11) is 3.07. The number of carbonyl (C=O) groups is 2. The van der Waals surface area contributed by atoms with Crippen molar-refractivity contribution < 1.29 is 14.3 Å². The first-order valence-corrected chi connectivity index (χ1v) is 4.99. The van der Waals surface area contributed by atoms with Crippen molar-refractivity contribution in [3.63, 3.8) is 0 Å². The molecule has 6 nitrogen and oxygen atoms in total. The lowest BCUT2D eigenvalue weighted by Gasteiger charge is -2.14. The predicted octanol–water partition coefficient (Wildman–Crippen LogP) is -0.489. The summed E-state index contributed by atoms with van der Waals surface area (Å²) in [4.78, 5) is 23.8. The van der Waals surface area contributed by atoms with Gasteiger partial charge in [0, 0.05) is 13.1 Å². The van der Waals surface area contributed by atoms with Crippen molar-refractivity contribution in [3.05, 3.63) is 0 Å². The Bertz CT molecular complexity index is 273. The van der Waals surface area contributed by atoms with E-state index in [9.17, 15) is 9.59 Å². The normalized spacial score (nSPS) is 9.62. The first kappa shape index (κ1) is 14.4. The fourth-order valence-electron chi connectivity index (χ4n) is 1.02. The molecular weight excluding hydrogens is 210 g/mol. The Morgan fingerprint density at radius 2 is 2.19 bits per heavy atom. The fourth-order valence-corrected chi connectivity index (χ4v) is 1.02. The Hall–Kier alpha value is -1.61. The largest absolute Gasteiger partial charge is 0.469 e. The number of rotatable bonds is 7. The van der Waals surface area contributed by atoms with Gasteiger partial charge in [-0.3, -0.25) is 14.5 Å². The Morgan fingerprint density at radius 3 is 2.75 bits per heavy atom. The first-order chi connectivity index (χ1) is 7.60. The molecule has 0 spiro atoms. The van der Waals surface area contributed by atoms with Crippen LogP contribution in [0.5, 0.6) is 0 Å². The van der Waals surface area contributed by atoms with Gasteiger partial charge in [0.05, 0.1) is 32.6 Å². The third-order valence-electron chi connectivity index (χ3n) is 1.90. The van der Waals surface area contributed by atoms with Crippen molar-refractivity contribution in [1.82, 2.24) is 10.2 Å². The number of nitrogens with one attached hydrogen (secondary N) is 1. The van der Waals surface area contributed by atoms with Gasteiger partial charge < -0.3 is 10.1 Å². The average molecular weight is 227 g/mol. The molecule has 0 radical (unpaired) electrons. The number of likely N-dealkylation sites (N-methyl/N-ethyl adjacent to an activating group) is 1. The minimum atomic E-state index is -0.295. The number of esters is 1. The van der Waals surface area contributed by atoms with Crippen molar-refractivity contribution in [2.75, 3.05) is 33.8 Å². The van der Waals surface area contributed by atoms with E-state index in [4.69, 9.17) is 5.26 Å². The van der Waals surface area contributed by atoms with Gasteiger partial charge in [0.25, 0.3) is 0 Å². The van der Waals surface area contributed by atoms with Gasteiger partial charge in [-0.1, -0.05) is 0 Å². The summed E-state index contributed by atoms with van der Waals surface area (Å²) >= 11 is 0. The van der Waals surface area contributed by atoms with Crippen molar-refractivity contribution in [1.29, 1.82) is 5.26 Å². The van der Waals surface area contributed by atoms with Crippen LogP contribution in [0.3, 0.4) is 0 Å². The third kappa shape index (κ3) is 7.76. The van der Waals surface area contributed by atoms with Gasteiger partial charge in [-0.25, -0.2) is 0 Å². The van der Waals surface area contributed by atoms with Crippen LogP contribution in [0, 0.1) is 11.3 Å². The van der Waals surface area contributed by atoms with Gasteiger partial charge >= 0.3 is 5.97 Å². The van der Waals surface area contributed by atoms with Gasteiger partial charge in [-0.15, -0.1) is 0 Å². The monoisotopic (exact) mass is 227 g/mol. The number of nitriles is 1. The van der Waals surface area contributed by atoms with E-state index in [2.05, 4.69) is 10.1 Å². The molecule has 0 aliphatic rings. The number of nitrogens with zero attached hydrogens (tertiary/aromatic N) is 2. The highest BCUT2D eigenvalue weighted by Crippen LogP contribution is 1.89. The Balaban J connectivity index is 3.62. The van der Waals surface area contributed by atoms with Crippen LogP contribution in [-0.4, -0.2) is 50.6 Å².